The number of hydrogen-bond donors (Lipinski definition) is 0. The minimum atomic E-state index is 0.443. The average molecular weight is 399 g/mol. The van der Waals surface area contributed by atoms with Gasteiger partial charge in [-0.25, -0.2) is 0 Å². The second-order valence-corrected chi connectivity index (χ2v) is 9.12. The minimum absolute atomic E-state index is 0.443. The zero-order valence-electron chi connectivity index (χ0n) is 15.8. The first-order valence-electron chi connectivity index (χ1n) is 9.82. The van der Waals surface area contributed by atoms with Crippen LogP contribution in [-0.2, 0) is 6.42 Å². The highest BCUT2D eigenvalue weighted by Gasteiger charge is 2.27. The van der Waals surface area contributed by atoms with E-state index in [1.54, 1.807) is 11.3 Å². The monoisotopic (exact) mass is 398 g/mol. The molecule has 142 valence electrons. The first-order valence-corrected chi connectivity index (χ1v) is 11.7. The zero-order chi connectivity index (χ0) is 18.5. The molecule has 3 aromatic heterocycles. The van der Waals surface area contributed by atoms with Gasteiger partial charge in [-0.05, 0) is 61.2 Å². The molecule has 1 fully saturated rings. The maximum atomic E-state index is 4.59. The van der Waals surface area contributed by atoms with Crippen LogP contribution < -0.4 is 0 Å². The summed E-state index contributed by atoms with van der Waals surface area (Å²) in [6.45, 7) is 2.36. The van der Waals surface area contributed by atoms with Gasteiger partial charge in [-0.1, -0.05) is 31.0 Å². The highest BCUT2D eigenvalue weighted by Crippen LogP contribution is 2.37. The van der Waals surface area contributed by atoms with Crippen molar-refractivity contribution in [3.8, 4) is 11.4 Å². The molecule has 0 unspecified atom stereocenters. The Morgan fingerprint density at radius 3 is 2.70 bits per heavy atom. The van der Waals surface area contributed by atoms with Crippen LogP contribution in [0.2, 0.25) is 0 Å². The van der Waals surface area contributed by atoms with E-state index in [1.165, 1.54) is 43.2 Å². The second-order valence-electron chi connectivity index (χ2n) is 7.28. The zero-order valence-corrected chi connectivity index (χ0v) is 17.4. The smallest absolute Gasteiger partial charge is 0.191 e. The summed E-state index contributed by atoms with van der Waals surface area (Å²) in [6.07, 6.45) is 11.5. The predicted molar refractivity (Wildman–Crippen MR) is 113 cm³/mol. The number of hydrogen-bond acceptors (Lipinski definition) is 5. The highest BCUT2D eigenvalue weighted by molar-refractivity contribution is 7.99. The molecule has 0 N–H and O–H groups in total. The number of rotatable bonds is 7. The fourth-order valence-electron chi connectivity index (χ4n) is 3.97. The van der Waals surface area contributed by atoms with Crippen molar-refractivity contribution in [2.45, 2.75) is 56.6 Å². The lowest BCUT2D eigenvalue weighted by atomic mass is 9.84. The van der Waals surface area contributed by atoms with Crippen molar-refractivity contribution < 1.29 is 0 Å². The van der Waals surface area contributed by atoms with E-state index >= 15 is 0 Å². The highest BCUT2D eigenvalue weighted by atomic mass is 32.2. The van der Waals surface area contributed by atoms with E-state index in [0.29, 0.717) is 6.04 Å². The van der Waals surface area contributed by atoms with Crippen LogP contribution in [0.3, 0.4) is 0 Å². The van der Waals surface area contributed by atoms with Gasteiger partial charge in [-0.2, -0.15) is 11.3 Å². The third-order valence-corrected chi connectivity index (χ3v) is 7.18. The topological polar surface area (TPSA) is 43.6 Å². The SMILES string of the molecule is C[C@H](C1CCCCC1)n1c(SCCc2ccncc2)nnc1-c1ccsc1. The number of nitrogens with zero attached hydrogens (tertiary/aromatic N) is 4. The Labute approximate surface area is 169 Å². The lowest BCUT2D eigenvalue weighted by Crippen LogP contribution is -2.20. The summed E-state index contributed by atoms with van der Waals surface area (Å²) < 4.78 is 2.41. The van der Waals surface area contributed by atoms with Gasteiger partial charge < -0.3 is 0 Å². The molecular formula is C21H26N4S2. The Bertz CT molecular complexity index is 823. The Balaban J connectivity index is 1.55. The summed E-state index contributed by atoms with van der Waals surface area (Å²) in [6, 6.07) is 6.78. The molecule has 3 heterocycles. The molecule has 0 saturated heterocycles. The molecule has 1 aliphatic carbocycles. The van der Waals surface area contributed by atoms with E-state index in [4.69, 9.17) is 0 Å². The van der Waals surface area contributed by atoms with Crippen molar-refractivity contribution in [1.29, 1.82) is 0 Å². The van der Waals surface area contributed by atoms with E-state index in [1.807, 2.05) is 24.2 Å². The van der Waals surface area contributed by atoms with Gasteiger partial charge in [0.15, 0.2) is 11.0 Å². The molecule has 0 aromatic carbocycles. The largest absolute Gasteiger partial charge is 0.299 e. The first kappa shape index (κ1) is 18.7. The summed E-state index contributed by atoms with van der Waals surface area (Å²) in [5.74, 6) is 2.76. The maximum absolute atomic E-state index is 4.59. The van der Waals surface area contributed by atoms with Crippen molar-refractivity contribution in [2.75, 3.05) is 5.75 Å². The number of aromatic nitrogens is 4. The van der Waals surface area contributed by atoms with Crippen LogP contribution in [0, 0.1) is 5.92 Å². The molecule has 1 atom stereocenters. The summed E-state index contributed by atoms with van der Waals surface area (Å²) in [7, 11) is 0. The molecule has 0 amide bonds. The number of aryl methyl sites for hydroxylation is 1. The van der Waals surface area contributed by atoms with E-state index in [-0.39, 0.29) is 0 Å². The average Bonchev–Trinajstić information content (AvgIpc) is 3.39. The van der Waals surface area contributed by atoms with E-state index in [9.17, 15) is 0 Å². The molecule has 1 aliphatic rings. The van der Waals surface area contributed by atoms with Crippen LogP contribution in [0.1, 0.15) is 50.6 Å². The van der Waals surface area contributed by atoms with Crippen molar-refractivity contribution in [3.05, 3.63) is 46.9 Å². The van der Waals surface area contributed by atoms with Crippen molar-refractivity contribution >= 4 is 23.1 Å². The molecule has 0 aliphatic heterocycles. The van der Waals surface area contributed by atoms with Gasteiger partial charge in [-0.15, -0.1) is 10.2 Å². The fourth-order valence-corrected chi connectivity index (χ4v) is 5.61. The van der Waals surface area contributed by atoms with Crippen LogP contribution in [0.5, 0.6) is 0 Å². The predicted octanol–water partition coefficient (Wildman–Crippen LogP) is 5.88. The van der Waals surface area contributed by atoms with Crippen LogP contribution in [0.4, 0.5) is 0 Å². The van der Waals surface area contributed by atoms with Crippen molar-refractivity contribution in [3.63, 3.8) is 0 Å². The quantitative estimate of drug-likeness (QED) is 0.466. The summed E-state index contributed by atoms with van der Waals surface area (Å²) in [5.41, 5.74) is 2.51. The van der Waals surface area contributed by atoms with Crippen molar-refractivity contribution in [2.24, 2.45) is 5.92 Å². The molecule has 6 heteroatoms. The molecule has 0 spiro atoms. The van der Waals surface area contributed by atoms with E-state index < -0.39 is 0 Å². The standard InChI is InChI=1S/C21H26N4S2/c1-16(18-5-3-2-4-6-18)25-20(19-10-13-26-15-19)23-24-21(25)27-14-9-17-7-11-22-12-8-17/h7-8,10-13,15-16,18H,2-6,9,14H2,1H3/t16-/m1/s1. The van der Waals surface area contributed by atoms with Crippen LogP contribution >= 0.6 is 23.1 Å². The molecule has 3 aromatic rings. The van der Waals surface area contributed by atoms with E-state index in [0.717, 1.165) is 29.1 Å². The molecule has 0 bridgehead atoms. The molecule has 4 rings (SSSR count). The van der Waals surface area contributed by atoms with Gasteiger partial charge >= 0.3 is 0 Å². The molecule has 27 heavy (non-hydrogen) atoms. The lowest BCUT2D eigenvalue weighted by Gasteiger charge is -2.30. The van der Waals surface area contributed by atoms with Gasteiger partial charge in [0.25, 0.3) is 0 Å². The number of thioether (sulfide) groups is 1. The Morgan fingerprint density at radius 1 is 1.15 bits per heavy atom. The van der Waals surface area contributed by atoms with Gasteiger partial charge in [0.05, 0.1) is 0 Å². The molecule has 1 saturated carbocycles. The second kappa shape index (κ2) is 9.02. The van der Waals surface area contributed by atoms with Gasteiger partial charge in [0.1, 0.15) is 0 Å². The third kappa shape index (κ3) is 4.43. The van der Waals surface area contributed by atoms with Gasteiger partial charge in [0.2, 0.25) is 0 Å². The molecule has 0 radical (unpaired) electrons. The fraction of sp³-hybridized carbons (Fsp3) is 0.476. The number of pyridine rings is 1. The Morgan fingerprint density at radius 2 is 1.96 bits per heavy atom. The van der Waals surface area contributed by atoms with Gasteiger partial charge in [-0.3, -0.25) is 9.55 Å². The summed E-state index contributed by atoms with van der Waals surface area (Å²) >= 11 is 3.55. The first-order chi connectivity index (χ1) is 13.3. The number of thiophene rings is 1. The van der Waals surface area contributed by atoms with E-state index in [2.05, 4.69) is 55.6 Å². The third-order valence-electron chi connectivity index (χ3n) is 5.55. The van der Waals surface area contributed by atoms with Crippen LogP contribution in [-0.4, -0.2) is 25.5 Å². The normalized spacial score (nSPS) is 16.5. The minimum Gasteiger partial charge on any atom is -0.299 e. The van der Waals surface area contributed by atoms with Crippen LogP contribution in [0.15, 0.2) is 46.5 Å². The summed E-state index contributed by atoms with van der Waals surface area (Å²) in [4.78, 5) is 4.10. The van der Waals surface area contributed by atoms with Crippen molar-refractivity contribution in [1.82, 2.24) is 19.7 Å². The van der Waals surface area contributed by atoms with Crippen LogP contribution in [0.25, 0.3) is 11.4 Å². The Hall–Kier alpha value is -1.66. The summed E-state index contributed by atoms with van der Waals surface area (Å²) in [5, 5.41) is 14.5. The maximum Gasteiger partial charge on any atom is 0.191 e. The van der Waals surface area contributed by atoms with Gasteiger partial charge in [0, 0.05) is 35.1 Å². The molecular weight excluding hydrogens is 372 g/mol. The molecule has 4 nitrogen and oxygen atoms in total. The Kier molecular flexibility index (Phi) is 6.24. The lowest BCUT2D eigenvalue weighted by molar-refractivity contribution is 0.256.